The predicted octanol–water partition coefficient (Wildman–Crippen LogP) is 6.75. The molecular weight excluding hydrogens is 278 g/mol. The van der Waals surface area contributed by atoms with E-state index >= 15 is 0 Å². The van der Waals surface area contributed by atoms with Crippen molar-refractivity contribution < 1.29 is 0 Å². The van der Waals surface area contributed by atoms with Crippen LogP contribution in [0.4, 0.5) is 0 Å². The molecule has 0 radical (unpaired) electrons. The molecule has 2 aliphatic rings. The van der Waals surface area contributed by atoms with Crippen molar-refractivity contribution >= 4 is 0 Å². The first-order chi connectivity index (χ1) is 11.0. The molecule has 1 heteroatoms. The molecule has 0 aromatic rings. The predicted molar refractivity (Wildman–Crippen MR) is 105 cm³/mol. The number of allylic oxidation sites excluding steroid dienone is 2. The van der Waals surface area contributed by atoms with E-state index in [0.29, 0.717) is 11.0 Å². The topological polar surface area (TPSA) is 3.24 Å². The molecule has 1 aliphatic heterocycles. The maximum atomic E-state index is 2.80. The van der Waals surface area contributed by atoms with Crippen molar-refractivity contribution in [3.8, 4) is 0 Å². The number of hydrogen-bond acceptors (Lipinski definition) is 1. The third kappa shape index (κ3) is 4.95. The van der Waals surface area contributed by atoms with Crippen LogP contribution < -0.4 is 0 Å². The van der Waals surface area contributed by atoms with Gasteiger partial charge in [0.15, 0.2) is 0 Å². The molecule has 0 saturated carbocycles. The maximum Gasteiger partial charge on any atom is 0.0204 e. The fourth-order valence-corrected chi connectivity index (χ4v) is 4.11. The van der Waals surface area contributed by atoms with Crippen LogP contribution in [0.1, 0.15) is 93.4 Å². The summed E-state index contributed by atoms with van der Waals surface area (Å²) in [5.41, 5.74) is 4.22. The third-order valence-electron chi connectivity index (χ3n) is 6.46. The molecule has 1 atom stereocenters. The monoisotopic (exact) mass is 319 g/mol. The number of nitrogens with zero attached hydrogens (tertiary/aromatic N) is 1. The van der Waals surface area contributed by atoms with Crippen LogP contribution in [0.25, 0.3) is 0 Å². The molecule has 1 unspecified atom stereocenters. The zero-order valence-corrected chi connectivity index (χ0v) is 17.0. The van der Waals surface area contributed by atoms with E-state index in [9.17, 15) is 0 Å². The highest BCUT2D eigenvalue weighted by Crippen LogP contribution is 2.41. The van der Waals surface area contributed by atoms with E-state index in [-0.39, 0.29) is 0 Å². The summed E-state index contributed by atoms with van der Waals surface area (Å²) in [5.74, 6) is 0. The molecule has 1 heterocycles. The second-order valence-electron chi connectivity index (χ2n) is 7.79. The summed E-state index contributed by atoms with van der Waals surface area (Å²) in [4.78, 5) is 2.80. The van der Waals surface area contributed by atoms with Gasteiger partial charge in [0.2, 0.25) is 0 Å². The summed E-state index contributed by atoms with van der Waals surface area (Å²) >= 11 is 0. The Bertz CT molecular complexity index is 414. The minimum atomic E-state index is 0.362. The van der Waals surface area contributed by atoms with E-state index in [2.05, 4.69) is 51.7 Å². The molecule has 0 spiro atoms. The van der Waals surface area contributed by atoms with Crippen LogP contribution in [0.3, 0.4) is 0 Å². The molecule has 0 fully saturated rings. The molecule has 0 amide bonds. The van der Waals surface area contributed by atoms with E-state index in [1.54, 1.807) is 11.1 Å². The molecule has 0 N–H and O–H groups in total. The van der Waals surface area contributed by atoms with Gasteiger partial charge in [-0.15, -0.1) is 0 Å². The third-order valence-corrected chi connectivity index (χ3v) is 6.46. The van der Waals surface area contributed by atoms with Crippen LogP contribution in [0.15, 0.2) is 23.3 Å². The largest absolute Gasteiger partial charge is 0.294 e. The first-order valence-electron chi connectivity index (χ1n) is 10.1. The molecule has 2 rings (SSSR count). The first-order valence-corrected chi connectivity index (χ1v) is 10.1. The van der Waals surface area contributed by atoms with Gasteiger partial charge in [0.1, 0.15) is 0 Å². The second kappa shape index (κ2) is 9.06. The zero-order valence-electron chi connectivity index (χ0n) is 17.0. The molecule has 23 heavy (non-hydrogen) atoms. The van der Waals surface area contributed by atoms with Crippen LogP contribution >= 0.6 is 0 Å². The first kappa shape index (κ1) is 20.5. The lowest BCUT2D eigenvalue weighted by Crippen LogP contribution is -2.51. The van der Waals surface area contributed by atoms with Crippen molar-refractivity contribution in [3.63, 3.8) is 0 Å². The van der Waals surface area contributed by atoms with Crippen LogP contribution in [0.5, 0.6) is 0 Å². The maximum absolute atomic E-state index is 2.80. The van der Waals surface area contributed by atoms with Crippen molar-refractivity contribution in [2.45, 2.75) is 99.0 Å². The minimum absolute atomic E-state index is 0.362. The molecule has 134 valence electrons. The summed E-state index contributed by atoms with van der Waals surface area (Å²) in [6.45, 7) is 18.6. The van der Waals surface area contributed by atoms with Crippen molar-refractivity contribution in [2.75, 3.05) is 13.1 Å². The fraction of sp³-hybridized carbons (Fsp3) is 0.818. The second-order valence-corrected chi connectivity index (χ2v) is 7.79. The smallest absolute Gasteiger partial charge is 0.0204 e. The van der Waals surface area contributed by atoms with Gasteiger partial charge < -0.3 is 0 Å². The van der Waals surface area contributed by atoms with Gasteiger partial charge in [-0.1, -0.05) is 72.1 Å². The molecular formula is C22H41N. The molecule has 0 bridgehead atoms. The van der Waals surface area contributed by atoms with Gasteiger partial charge in [0.05, 0.1) is 0 Å². The Balaban J connectivity index is 0.00000127. The van der Waals surface area contributed by atoms with Crippen molar-refractivity contribution in [1.29, 1.82) is 0 Å². The van der Waals surface area contributed by atoms with Gasteiger partial charge in [-0.3, -0.25) is 4.90 Å². The lowest BCUT2D eigenvalue weighted by atomic mass is 9.72. The van der Waals surface area contributed by atoms with Gasteiger partial charge in [-0.05, 0) is 50.0 Å². The number of hydrogen-bond donors (Lipinski definition) is 0. The van der Waals surface area contributed by atoms with Crippen LogP contribution in [0.2, 0.25) is 0 Å². The Morgan fingerprint density at radius 2 is 1.65 bits per heavy atom. The van der Waals surface area contributed by atoms with Gasteiger partial charge in [-0.2, -0.15) is 0 Å². The van der Waals surface area contributed by atoms with Crippen molar-refractivity contribution in [3.05, 3.63) is 23.3 Å². The summed E-state index contributed by atoms with van der Waals surface area (Å²) in [6, 6.07) is 0. The van der Waals surface area contributed by atoms with E-state index in [4.69, 9.17) is 0 Å². The van der Waals surface area contributed by atoms with E-state index in [1.807, 2.05) is 13.8 Å². The highest BCUT2D eigenvalue weighted by atomic mass is 15.2. The zero-order chi connectivity index (χ0) is 17.5. The fourth-order valence-electron chi connectivity index (χ4n) is 4.11. The minimum Gasteiger partial charge on any atom is -0.294 e. The van der Waals surface area contributed by atoms with Gasteiger partial charge in [0.25, 0.3) is 0 Å². The standard InChI is InChI=1S/C20H35N.C2H6/c1-6-19(4,7-2)16-20(5,8-3)21-14-13-17-11-9-10-12-18(17)15-21;1-2/h9,11H,6-8,10,12-16H2,1-5H3;1-2H3. The molecule has 1 nitrogen and oxygen atoms in total. The van der Waals surface area contributed by atoms with Crippen molar-refractivity contribution in [1.82, 2.24) is 4.90 Å². The van der Waals surface area contributed by atoms with Gasteiger partial charge >= 0.3 is 0 Å². The Morgan fingerprint density at radius 3 is 2.22 bits per heavy atom. The lowest BCUT2D eigenvalue weighted by molar-refractivity contribution is 0.0476. The summed E-state index contributed by atoms with van der Waals surface area (Å²) in [5, 5.41) is 0. The quantitative estimate of drug-likeness (QED) is 0.523. The van der Waals surface area contributed by atoms with Crippen LogP contribution in [-0.4, -0.2) is 23.5 Å². The Labute approximate surface area is 146 Å². The van der Waals surface area contributed by atoms with Crippen molar-refractivity contribution in [2.24, 2.45) is 5.41 Å². The molecule has 0 aromatic heterocycles. The summed E-state index contributed by atoms with van der Waals surface area (Å²) < 4.78 is 0. The van der Waals surface area contributed by atoms with E-state index in [0.717, 1.165) is 0 Å². The van der Waals surface area contributed by atoms with Gasteiger partial charge in [-0.25, -0.2) is 0 Å². The SMILES string of the molecule is CC.CCC(C)(CC)CC(C)(CC)N1CCC2=C(CCC=C2)C1. The van der Waals surface area contributed by atoms with E-state index < -0.39 is 0 Å². The highest BCUT2D eigenvalue weighted by Gasteiger charge is 2.38. The normalized spacial score (nSPS) is 21.3. The molecule has 1 aliphatic carbocycles. The van der Waals surface area contributed by atoms with E-state index in [1.165, 1.54) is 58.0 Å². The Kier molecular flexibility index (Phi) is 8.07. The molecule has 0 saturated heterocycles. The van der Waals surface area contributed by atoms with Gasteiger partial charge in [0, 0.05) is 18.6 Å². The Hall–Kier alpha value is -0.560. The van der Waals surface area contributed by atoms with Crippen LogP contribution in [-0.2, 0) is 0 Å². The summed E-state index contributed by atoms with van der Waals surface area (Å²) in [6.07, 6.45) is 13.7. The number of rotatable bonds is 6. The van der Waals surface area contributed by atoms with Crippen LogP contribution in [0, 0.1) is 5.41 Å². The Morgan fingerprint density at radius 1 is 1.00 bits per heavy atom. The summed E-state index contributed by atoms with van der Waals surface area (Å²) in [7, 11) is 0. The average Bonchev–Trinajstić information content (AvgIpc) is 2.62. The average molecular weight is 320 g/mol. The lowest BCUT2D eigenvalue weighted by Gasteiger charge is -2.48. The molecule has 0 aromatic carbocycles. The highest BCUT2D eigenvalue weighted by molar-refractivity contribution is 5.32.